The van der Waals surface area contributed by atoms with Crippen LogP contribution in [-0.2, 0) is 14.3 Å². The van der Waals surface area contributed by atoms with Gasteiger partial charge in [0.05, 0.1) is 25.7 Å². The largest absolute Gasteiger partial charge is 0.481 e. The van der Waals surface area contributed by atoms with Gasteiger partial charge in [0.25, 0.3) is 0 Å². The fourth-order valence-corrected chi connectivity index (χ4v) is 1.83. The summed E-state index contributed by atoms with van der Waals surface area (Å²) in [4.78, 5) is 26.3. The highest BCUT2D eigenvalue weighted by Crippen LogP contribution is 2.07. The summed E-state index contributed by atoms with van der Waals surface area (Å²) in [7, 11) is 3.16. The summed E-state index contributed by atoms with van der Waals surface area (Å²) in [6.45, 7) is 5.69. The van der Waals surface area contributed by atoms with Crippen LogP contribution in [0.2, 0.25) is 0 Å². The Morgan fingerprint density at radius 1 is 1.20 bits per heavy atom. The number of urea groups is 1. The zero-order chi connectivity index (χ0) is 15.5. The second-order valence-electron chi connectivity index (χ2n) is 4.50. The van der Waals surface area contributed by atoms with Gasteiger partial charge < -0.3 is 24.4 Å². The zero-order valence-electron chi connectivity index (χ0n) is 12.8. The average Bonchev–Trinajstić information content (AvgIpc) is 2.39. The summed E-state index contributed by atoms with van der Waals surface area (Å²) in [5, 5.41) is 8.72. The number of aliphatic carboxylic acids is 1. The highest BCUT2D eigenvalue weighted by molar-refractivity contribution is 5.75. The van der Waals surface area contributed by atoms with Crippen molar-refractivity contribution in [3.63, 3.8) is 0 Å². The molecule has 0 radical (unpaired) electrons. The molecule has 1 N–H and O–H groups in total. The molecule has 0 aliphatic heterocycles. The first-order chi connectivity index (χ1) is 9.47. The summed E-state index contributed by atoms with van der Waals surface area (Å²) in [5.41, 5.74) is 0. The molecule has 0 heterocycles. The van der Waals surface area contributed by atoms with E-state index in [0.29, 0.717) is 26.3 Å². The Bertz CT molecular complexity index is 298. The molecule has 0 bridgehead atoms. The minimum absolute atomic E-state index is 0.0592. The Labute approximate surface area is 120 Å². The highest BCUT2D eigenvalue weighted by atomic mass is 16.5. The van der Waals surface area contributed by atoms with Crippen LogP contribution in [0.25, 0.3) is 0 Å². The molecule has 0 aromatic rings. The van der Waals surface area contributed by atoms with E-state index >= 15 is 0 Å². The molecule has 0 saturated heterocycles. The lowest BCUT2D eigenvalue weighted by molar-refractivity contribution is -0.137. The molecule has 0 aliphatic carbocycles. The van der Waals surface area contributed by atoms with Crippen LogP contribution in [0.1, 0.15) is 20.3 Å². The minimum atomic E-state index is -0.912. The number of carboxylic acids is 1. The highest BCUT2D eigenvalue weighted by Gasteiger charge is 2.24. The molecule has 0 rings (SSSR count). The van der Waals surface area contributed by atoms with Crippen molar-refractivity contribution in [2.24, 2.45) is 0 Å². The maximum Gasteiger partial charge on any atom is 0.320 e. The van der Waals surface area contributed by atoms with E-state index in [1.165, 1.54) is 4.90 Å². The molecule has 0 aromatic carbocycles. The van der Waals surface area contributed by atoms with Crippen LogP contribution in [-0.4, -0.2) is 80.0 Å². The number of hydrogen-bond donors (Lipinski definition) is 1. The number of nitrogens with zero attached hydrogens (tertiary/aromatic N) is 2. The summed E-state index contributed by atoms with van der Waals surface area (Å²) >= 11 is 0. The number of carboxylic acid groups (broad SMARTS) is 1. The number of hydrogen-bond acceptors (Lipinski definition) is 4. The molecular weight excluding hydrogens is 264 g/mol. The molecule has 0 spiro atoms. The molecule has 118 valence electrons. The Hall–Kier alpha value is -1.34. The maximum absolute atomic E-state index is 12.5. The van der Waals surface area contributed by atoms with Crippen molar-refractivity contribution in [2.45, 2.75) is 26.3 Å². The number of rotatable bonds is 10. The van der Waals surface area contributed by atoms with Crippen molar-refractivity contribution in [3.8, 4) is 0 Å². The second-order valence-corrected chi connectivity index (χ2v) is 4.50. The number of carbonyl (C=O) groups is 2. The minimum Gasteiger partial charge on any atom is -0.481 e. The van der Waals surface area contributed by atoms with Crippen LogP contribution < -0.4 is 0 Å². The van der Waals surface area contributed by atoms with Crippen LogP contribution in [0.5, 0.6) is 0 Å². The van der Waals surface area contributed by atoms with E-state index in [2.05, 4.69) is 0 Å². The zero-order valence-corrected chi connectivity index (χ0v) is 12.8. The van der Waals surface area contributed by atoms with E-state index in [1.54, 1.807) is 19.1 Å². The van der Waals surface area contributed by atoms with Crippen LogP contribution in [0.3, 0.4) is 0 Å². The van der Waals surface area contributed by atoms with Crippen molar-refractivity contribution in [3.05, 3.63) is 0 Å². The van der Waals surface area contributed by atoms with E-state index < -0.39 is 5.97 Å². The van der Waals surface area contributed by atoms with Crippen molar-refractivity contribution in [1.29, 1.82) is 0 Å². The molecule has 1 atom stereocenters. The number of amides is 2. The molecule has 7 nitrogen and oxygen atoms in total. The van der Waals surface area contributed by atoms with E-state index in [4.69, 9.17) is 14.6 Å². The first-order valence-corrected chi connectivity index (χ1v) is 6.73. The van der Waals surface area contributed by atoms with Gasteiger partial charge in [0, 0.05) is 33.9 Å². The fourth-order valence-electron chi connectivity index (χ4n) is 1.83. The Morgan fingerprint density at radius 3 is 2.30 bits per heavy atom. The lowest BCUT2D eigenvalue weighted by Crippen LogP contribution is -2.50. The van der Waals surface area contributed by atoms with Gasteiger partial charge in [0.15, 0.2) is 0 Å². The van der Waals surface area contributed by atoms with Gasteiger partial charge in [-0.1, -0.05) is 0 Å². The summed E-state index contributed by atoms with van der Waals surface area (Å²) in [5.74, 6) is -0.912. The van der Waals surface area contributed by atoms with Gasteiger partial charge in [-0.3, -0.25) is 4.79 Å². The van der Waals surface area contributed by atoms with Gasteiger partial charge in [-0.2, -0.15) is 0 Å². The molecule has 7 heteroatoms. The van der Waals surface area contributed by atoms with Crippen molar-refractivity contribution >= 4 is 12.0 Å². The van der Waals surface area contributed by atoms with Gasteiger partial charge in [0.1, 0.15) is 0 Å². The SMILES string of the molecule is CCN(CCC(=O)O)C(=O)N(CCOC)C(C)COC. The van der Waals surface area contributed by atoms with Gasteiger partial charge in [-0.15, -0.1) is 0 Å². The van der Waals surface area contributed by atoms with Gasteiger partial charge in [0.2, 0.25) is 0 Å². The van der Waals surface area contributed by atoms with Crippen molar-refractivity contribution in [2.75, 3.05) is 47.1 Å². The lowest BCUT2D eigenvalue weighted by atomic mass is 10.3. The molecule has 20 heavy (non-hydrogen) atoms. The lowest BCUT2D eigenvalue weighted by Gasteiger charge is -2.33. The summed E-state index contributed by atoms with van der Waals surface area (Å²) in [6, 6.07) is -0.281. The van der Waals surface area contributed by atoms with Crippen molar-refractivity contribution < 1.29 is 24.2 Å². The molecule has 0 saturated carbocycles. The second kappa shape index (κ2) is 10.4. The number of methoxy groups -OCH3 is 2. The van der Waals surface area contributed by atoms with Gasteiger partial charge in [-0.05, 0) is 13.8 Å². The fraction of sp³-hybridized carbons (Fsp3) is 0.846. The van der Waals surface area contributed by atoms with Gasteiger partial charge in [-0.25, -0.2) is 4.79 Å². The molecule has 0 fully saturated rings. The van der Waals surface area contributed by atoms with Crippen LogP contribution in [0.4, 0.5) is 4.79 Å². The van der Waals surface area contributed by atoms with Crippen LogP contribution >= 0.6 is 0 Å². The predicted octanol–water partition coefficient (Wildman–Crippen LogP) is 0.886. The number of ether oxygens (including phenoxy) is 2. The third kappa shape index (κ3) is 6.72. The summed E-state index contributed by atoms with van der Waals surface area (Å²) < 4.78 is 10.1. The molecule has 0 aliphatic rings. The first-order valence-electron chi connectivity index (χ1n) is 6.73. The van der Waals surface area contributed by atoms with E-state index in [0.717, 1.165) is 0 Å². The topological polar surface area (TPSA) is 79.3 Å². The number of carbonyl (C=O) groups excluding carboxylic acids is 1. The van der Waals surface area contributed by atoms with Gasteiger partial charge >= 0.3 is 12.0 Å². The Kier molecular flexibility index (Phi) is 9.75. The molecule has 2 amide bonds. The average molecular weight is 290 g/mol. The van der Waals surface area contributed by atoms with E-state index in [-0.39, 0.29) is 25.0 Å². The quantitative estimate of drug-likeness (QED) is 0.646. The standard InChI is InChI=1S/C13H26N2O5/c1-5-14(7-6-12(16)17)13(18)15(8-9-19-3)11(2)10-20-4/h11H,5-10H2,1-4H3,(H,16,17). The first kappa shape index (κ1) is 18.7. The predicted molar refractivity (Wildman–Crippen MR) is 74.8 cm³/mol. The van der Waals surface area contributed by atoms with Crippen LogP contribution in [0.15, 0.2) is 0 Å². The smallest absolute Gasteiger partial charge is 0.320 e. The normalized spacial score (nSPS) is 12.0. The summed E-state index contributed by atoms with van der Waals surface area (Å²) in [6.07, 6.45) is -0.0592. The third-order valence-corrected chi connectivity index (χ3v) is 2.97. The Balaban J connectivity index is 4.73. The van der Waals surface area contributed by atoms with E-state index in [9.17, 15) is 9.59 Å². The monoisotopic (exact) mass is 290 g/mol. The maximum atomic E-state index is 12.5. The Morgan fingerprint density at radius 2 is 1.85 bits per heavy atom. The van der Waals surface area contributed by atoms with Crippen LogP contribution in [0, 0.1) is 0 Å². The molecule has 1 unspecified atom stereocenters. The van der Waals surface area contributed by atoms with E-state index in [1.807, 2.05) is 13.8 Å². The molecular formula is C13H26N2O5. The van der Waals surface area contributed by atoms with Crippen molar-refractivity contribution in [1.82, 2.24) is 9.80 Å². The molecule has 0 aromatic heterocycles. The third-order valence-electron chi connectivity index (χ3n) is 2.97.